The number of hydrogen-bond donors (Lipinski definition) is 1. The molecule has 1 N–H and O–H groups in total. The Hall–Kier alpha value is -1.14. The molecule has 1 heterocycles. The first-order chi connectivity index (χ1) is 8.36. The zero-order valence-electron chi connectivity index (χ0n) is 11.1. The van der Waals surface area contributed by atoms with Crippen molar-refractivity contribution in [1.82, 2.24) is 0 Å². The van der Waals surface area contributed by atoms with Gasteiger partial charge in [-0.1, -0.05) is 13.8 Å². The number of rotatable bonds is 3. The zero-order chi connectivity index (χ0) is 13.9. The van der Waals surface area contributed by atoms with Gasteiger partial charge in [0.2, 0.25) is 6.29 Å². The molecule has 1 saturated heterocycles. The van der Waals surface area contributed by atoms with Crippen molar-refractivity contribution >= 4 is 11.9 Å². The maximum absolute atomic E-state index is 11.0. The normalized spacial score (nSPS) is 35.9. The molecule has 0 bridgehead atoms. The number of carbonyl (C=O) groups excluding carboxylic acids is 2. The molecule has 104 valence electrons. The van der Waals surface area contributed by atoms with Crippen LogP contribution < -0.4 is 0 Å². The van der Waals surface area contributed by atoms with Gasteiger partial charge in [-0.2, -0.15) is 0 Å². The number of carbonyl (C=O) groups is 2. The lowest BCUT2D eigenvalue weighted by atomic mass is 9.89. The lowest BCUT2D eigenvalue weighted by Crippen LogP contribution is -2.56. The van der Waals surface area contributed by atoms with Gasteiger partial charge < -0.3 is 19.3 Å². The van der Waals surface area contributed by atoms with Crippen LogP contribution in [0, 0.1) is 5.92 Å². The van der Waals surface area contributed by atoms with Gasteiger partial charge in [-0.3, -0.25) is 9.59 Å². The van der Waals surface area contributed by atoms with Gasteiger partial charge in [0.05, 0.1) is 6.10 Å². The first kappa shape index (κ1) is 14.9. The summed E-state index contributed by atoms with van der Waals surface area (Å²) in [6, 6.07) is 0. The van der Waals surface area contributed by atoms with E-state index in [9.17, 15) is 14.7 Å². The highest BCUT2D eigenvalue weighted by Crippen LogP contribution is 2.30. The Balaban J connectivity index is 2.86. The first-order valence-electron chi connectivity index (χ1n) is 6.04. The molecule has 1 fully saturated rings. The molecule has 0 aromatic heterocycles. The summed E-state index contributed by atoms with van der Waals surface area (Å²) in [5.74, 6) is -1.30. The summed E-state index contributed by atoms with van der Waals surface area (Å²) < 4.78 is 15.5. The van der Waals surface area contributed by atoms with Gasteiger partial charge >= 0.3 is 11.9 Å². The standard InChI is InChI=1S/C12H20O6/c1-5-9-6(2)10(15)11(16-7(3)13)12(18-9)17-8(4)14/h6,9-12,15H,5H2,1-4H3/t6-,9-,10+,11+,12+/m1/s1. The molecular weight excluding hydrogens is 240 g/mol. The molecule has 0 spiro atoms. The van der Waals surface area contributed by atoms with E-state index in [4.69, 9.17) is 14.2 Å². The summed E-state index contributed by atoms with van der Waals surface area (Å²) in [5.41, 5.74) is 0. The van der Waals surface area contributed by atoms with E-state index >= 15 is 0 Å². The highest BCUT2D eigenvalue weighted by molar-refractivity contribution is 5.67. The largest absolute Gasteiger partial charge is 0.453 e. The topological polar surface area (TPSA) is 82.1 Å². The summed E-state index contributed by atoms with van der Waals surface area (Å²) in [5, 5.41) is 10.1. The Morgan fingerprint density at radius 2 is 1.78 bits per heavy atom. The maximum atomic E-state index is 11.0. The van der Waals surface area contributed by atoms with Gasteiger partial charge in [0.15, 0.2) is 6.10 Å². The number of esters is 2. The number of aliphatic hydroxyl groups excluding tert-OH is 1. The van der Waals surface area contributed by atoms with E-state index in [0.29, 0.717) is 6.42 Å². The Labute approximate surface area is 106 Å². The highest BCUT2D eigenvalue weighted by Gasteiger charge is 2.46. The maximum Gasteiger partial charge on any atom is 0.305 e. The molecule has 0 radical (unpaired) electrons. The van der Waals surface area contributed by atoms with Gasteiger partial charge in [-0.05, 0) is 6.42 Å². The number of ether oxygens (including phenoxy) is 3. The van der Waals surface area contributed by atoms with E-state index in [-0.39, 0.29) is 12.0 Å². The van der Waals surface area contributed by atoms with Crippen molar-refractivity contribution in [3.63, 3.8) is 0 Å². The molecule has 0 aromatic rings. The molecule has 1 rings (SSSR count). The van der Waals surface area contributed by atoms with E-state index in [1.54, 1.807) is 6.92 Å². The quantitative estimate of drug-likeness (QED) is 0.749. The summed E-state index contributed by atoms with van der Waals surface area (Å²) >= 11 is 0. The van der Waals surface area contributed by atoms with Crippen LogP contribution in [-0.4, -0.2) is 41.6 Å². The third-order valence-electron chi connectivity index (χ3n) is 3.03. The van der Waals surface area contributed by atoms with Crippen molar-refractivity contribution in [2.45, 2.75) is 58.7 Å². The van der Waals surface area contributed by atoms with E-state index < -0.39 is 30.4 Å². The SMILES string of the molecule is CC[C@H]1O[C@H](OC(C)=O)[C@@H](OC(C)=O)[C@@H](O)[C@@H]1C. The monoisotopic (exact) mass is 260 g/mol. The fourth-order valence-electron chi connectivity index (χ4n) is 2.10. The second kappa shape index (κ2) is 6.15. The van der Waals surface area contributed by atoms with Crippen molar-refractivity contribution in [3.8, 4) is 0 Å². The minimum absolute atomic E-state index is 0.203. The molecule has 18 heavy (non-hydrogen) atoms. The number of aliphatic hydroxyl groups is 1. The van der Waals surface area contributed by atoms with Gasteiger partial charge in [0.1, 0.15) is 6.10 Å². The molecular formula is C12H20O6. The van der Waals surface area contributed by atoms with Crippen molar-refractivity contribution in [2.24, 2.45) is 5.92 Å². The van der Waals surface area contributed by atoms with Crippen molar-refractivity contribution in [2.75, 3.05) is 0 Å². The molecule has 0 aliphatic carbocycles. The third-order valence-corrected chi connectivity index (χ3v) is 3.03. The molecule has 6 heteroatoms. The van der Waals surface area contributed by atoms with Crippen molar-refractivity contribution < 1.29 is 28.9 Å². The summed E-state index contributed by atoms with van der Waals surface area (Å²) in [6.07, 6.45) is -2.53. The van der Waals surface area contributed by atoms with E-state index in [1.165, 1.54) is 13.8 Å². The highest BCUT2D eigenvalue weighted by atomic mass is 16.7. The molecule has 0 saturated carbocycles. The fourth-order valence-corrected chi connectivity index (χ4v) is 2.10. The lowest BCUT2D eigenvalue weighted by Gasteiger charge is -2.41. The van der Waals surface area contributed by atoms with Crippen LogP contribution in [-0.2, 0) is 23.8 Å². The van der Waals surface area contributed by atoms with Crippen LogP contribution in [0.3, 0.4) is 0 Å². The van der Waals surface area contributed by atoms with Crippen LogP contribution in [0.25, 0.3) is 0 Å². The molecule has 5 atom stereocenters. The Kier molecular flexibility index (Phi) is 5.10. The van der Waals surface area contributed by atoms with Crippen LogP contribution in [0.1, 0.15) is 34.1 Å². The van der Waals surface area contributed by atoms with Crippen molar-refractivity contribution in [3.05, 3.63) is 0 Å². The third kappa shape index (κ3) is 3.43. The van der Waals surface area contributed by atoms with E-state index in [1.807, 2.05) is 6.92 Å². The molecule has 0 aromatic carbocycles. The van der Waals surface area contributed by atoms with Gasteiger partial charge in [-0.25, -0.2) is 0 Å². The minimum Gasteiger partial charge on any atom is -0.453 e. The molecule has 0 unspecified atom stereocenters. The average molecular weight is 260 g/mol. The predicted molar refractivity (Wildman–Crippen MR) is 61.4 cm³/mol. The molecule has 1 aliphatic rings. The van der Waals surface area contributed by atoms with Crippen LogP contribution in [0.2, 0.25) is 0 Å². The number of hydrogen-bond acceptors (Lipinski definition) is 6. The summed E-state index contributed by atoms with van der Waals surface area (Å²) in [6.45, 7) is 6.18. The zero-order valence-corrected chi connectivity index (χ0v) is 11.1. The van der Waals surface area contributed by atoms with Crippen LogP contribution in [0.15, 0.2) is 0 Å². The lowest BCUT2D eigenvalue weighted by molar-refractivity contribution is -0.279. The van der Waals surface area contributed by atoms with Crippen LogP contribution >= 0.6 is 0 Å². The summed E-state index contributed by atoms with van der Waals surface area (Å²) in [7, 11) is 0. The summed E-state index contributed by atoms with van der Waals surface area (Å²) in [4.78, 5) is 22.0. The Morgan fingerprint density at radius 1 is 1.22 bits per heavy atom. The fraction of sp³-hybridized carbons (Fsp3) is 0.833. The predicted octanol–water partition coefficient (Wildman–Crippen LogP) is 0.613. The second-order valence-electron chi connectivity index (χ2n) is 4.48. The van der Waals surface area contributed by atoms with Gasteiger partial charge in [0, 0.05) is 19.8 Å². The molecule has 6 nitrogen and oxygen atoms in total. The van der Waals surface area contributed by atoms with E-state index in [2.05, 4.69) is 0 Å². The van der Waals surface area contributed by atoms with Crippen LogP contribution in [0.5, 0.6) is 0 Å². The Bertz CT molecular complexity index is 316. The molecule has 0 amide bonds. The van der Waals surface area contributed by atoms with Crippen LogP contribution in [0.4, 0.5) is 0 Å². The Morgan fingerprint density at radius 3 is 2.22 bits per heavy atom. The smallest absolute Gasteiger partial charge is 0.305 e. The van der Waals surface area contributed by atoms with Gasteiger partial charge in [0.25, 0.3) is 0 Å². The van der Waals surface area contributed by atoms with Crippen molar-refractivity contribution in [1.29, 1.82) is 0 Å². The van der Waals surface area contributed by atoms with Gasteiger partial charge in [-0.15, -0.1) is 0 Å². The second-order valence-corrected chi connectivity index (χ2v) is 4.48. The first-order valence-corrected chi connectivity index (χ1v) is 6.04. The average Bonchev–Trinajstić information content (AvgIpc) is 2.27. The minimum atomic E-state index is -1.05. The van der Waals surface area contributed by atoms with E-state index in [0.717, 1.165) is 0 Å². The molecule has 1 aliphatic heterocycles.